The van der Waals surface area contributed by atoms with Crippen molar-refractivity contribution in [2.75, 3.05) is 21.1 Å². The zero-order valence-corrected chi connectivity index (χ0v) is 34.7. The lowest BCUT2D eigenvalue weighted by Crippen LogP contribution is -2.15. The SMILES string of the molecule is C.CC1=C(Nc2ccc(N)cc2Cl)CCCC1=O.CC1=C(Nc2ccc(NS(=O)(=O)c3ccccc3C)cc2Cl)CCCC1=O.Cc1ccccc1S(=O)(=O)Cl. The molecule has 0 saturated carbocycles. The predicted octanol–water partition coefficient (Wildman–Crippen LogP) is 10.8. The first-order valence-electron chi connectivity index (χ1n) is 17.3. The van der Waals surface area contributed by atoms with Crippen molar-refractivity contribution in [1.82, 2.24) is 0 Å². The molecule has 0 heterocycles. The second-order valence-corrected chi connectivity index (χ2v) is 18.0. The fourth-order valence-corrected chi connectivity index (χ4v) is 8.76. The molecular formula is C41H47Cl3N4O6S2. The van der Waals surface area contributed by atoms with Crippen LogP contribution in [0, 0.1) is 13.8 Å². The minimum absolute atomic E-state index is 0. The first kappa shape index (κ1) is 46.1. The first-order chi connectivity index (χ1) is 25.9. The predicted molar refractivity (Wildman–Crippen MR) is 231 cm³/mol. The van der Waals surface area contributed by atoms with E-state index < -0.39 is 19.1 Å². The van der Waals surface area contributed by atoms with E-state index in [-0.39, 0.29) is 28.8 Å². The molecule has 0 saturated heterocycles. The molecule has 0 unspecified atom stereocenters. The normalized spacial score (nSPS) is 14.4. The maximum atomic E-state index is 12.6. The standard InChI is InChI=1S/C20H21ClN2O3S.C13H15ClN2O.C7H7ClO2S.CH4/c1-13-6-3-4-9-20(13)27(25,26)23-15-10-11-18(16(21)12-15)22-17-7-5-8-19(24)14(17)2;1-8-11(3-2-4-13(8)17)16-12-6-5-9(15)7-10(12)14;1-6-4-2-3-5-7(6)11(8,9)10;/h3-4,6,9-12,22-23H,5,7-8H2,1-2H3;5-7,16H,2-4,15H2,1H3;2-5H,1H3;1H4. The van der Waals surface area contributed by atoms with E-state index in [0.29, 0.717) is 51.1 Å². The van der Waals surface area contributed by atoms with E-state index in [1.165, 1.54) is 6.07 Å². The molecule has 0 spiro atoms. The highest BCUT2D eigenvalue weighted by Crippen LogP contribution is 2.32. The number of anilines is 4. The number of aryl methyl sites for hydroxylation is 2. The number of hydrogen-bond acceptors (Lipinski definition) is 9. The summed E-state index contributed by atoms with van der Waals surface area (Å²) in [4.78, 5) is 23.8. The van der Waals surface area contributed by atoms with Gasteiger partial charge in [0.05, 0.1) is 36.9 Å². The van der Waals surface area contributed by atoms with Gasteiger partial charge in [0.2, 0.25) is 0 Å². The van der Waals surface area contributed by atoms with E-state index >= 15 is 0 Å². The Morgan fingerprint density at radius 1 is 0.607 bits per heavy atom. The van der Waals surface area contributed by atoms with Gasteiger partial charge in [0.25, 0.3) is 19.1 Å². The van der Waals surface area contributed by atoms with E-state index in [4.69, 9.17) is 39.6 Å². The molecule has 2 aliphatic carbocycles. The molecule has 0 radical (unpaired) electrons. The van der Waals surface area contributed by atoms with Gasteiger partial charge in [-0.05, 0) is 113 Å². The van der Waals surface area contributed by atoms with Crippen LogP contribution >= 0.6 is 33.9 Å². The molecule has 4 aromatic rings. The lowest BCUT2D eigenvalue weighted by atomic mass is 9.96. The van der Waals surface area contributed by atoms with E-state index in [0.717, 1.165) is 53.9 Å². The largest absolute Gasteiger partial charge is 0.399 e. The number of halogens is 3. The summed E-state index contributed by atoms with van der Waals surface area (Å²) >= 11 is 12.4. The Balaban J connectivity index is 0.000000247. The molecule has 0 amide bonds. The molecule has 10 nitrogen and oxygen atoms in total. The average Bonchev–Trinajstić information content (AvgIpc) is 3.11. The summed E-state index contributed by atoms with van der Waals surface area (Å²) in [5.41, 5.74) is 12.8. The Bertz CT molecular complexity index is 2380. The van der Waals surface area contributed by atoms with E-state index in [1.807, 2.05) is 19.9 Å². The Hall–Kier alpha value is -4.33. The highest BCUT2D eigenvalue weighted by molar-refractivity contribution is 8.13. The number of benzene rings is 4. The van der Waals surface area contributed by atoms with Crippen molar-refractivity contribution in [2.45, 2.75) is 83.4 Å². The zero-order chi connectivity index (χ0) is 40.5. The molecule has 15 heteroatoms. The smallest absolute Gasteiger partial charge is 0.262 e. The van der Waals surface area contributed by atoms with Gasteiger partial charge in [0.1, 0.15) is 0 Å². The number of sulfonamides is 1. The summed E-state index contributed by atoms with van der Waals surface area (Å²) in [6, 6.07) is 23.6. The van der Waals surface area contributed by atoms with Crippen LogP contribution in [0.1, 0.15) is 70.9 Å². The van der Waals surface area contributed by atoms with Crippen molar-refractivity contribution in [2.24, 2.45) is 0 Å². The zero-order valence-electron chi connectivity index (χ0n) is 30.8. The lowest BCUT2D eigenvalue weighted by molar-refractivity contribution is -0.116. The van der Waals surface area contributed by atoms with Crippen LogP contribution in [0.3, 0.4) is 0 Å². The number of allylic oxidation sites excluding steroid dienone is 4. The van der Waals surface area contributed by atoms with Gasteiger partial charge < -0.3 is 16.4 Å². The molecule has 5 N–H and O–H groups in total. The minimum Gasteiger partial charge on any atom is -0.399 e. The molecule has 0 aliphatic heterocycles. The van der Waals surface area contributed by atoms with Crippen LogP contribution in [-0.2, 0) is 28.7 Å². The van der Waals surface area contributed by atoms with Gasteiger partial charge in [-0.3, -0.25) is 14.3 Å². The summed E-state index contributed by atoms with van der Waals surface area (Å²) in [6.07, 6.45) is 4.60. The molecule has 4 aromatic carbocycles. The topological polar surface area (TPSA) is 165 Å². The van der Waals surface area contributed by atoms with Gasteiger partial charge in [0, 0.05) is 51.8 Å². The number of hydrogen-bond donors (Lipinski definition) is 4. The lowest BCUT2D eigenvalue weighted by Gasteiger charge is -2.19. The number of carbonyl (C=O) groups excluding carboxylic acids is 2. The quantitative estimate of drug-likeness (QED) is 0.0997. The van der Waals surface area contributed by atoms with Crippen molar-refractivity contribution in [3.05, 3.63) is 129 Å². The summed E-state index contributed by atoms with van der Waals surface area (Å²) in [5, 5.41) is 7.38. The highest BCUT2D eigenvalue weighted by atomic mass is 35.7. The van der Waals surface area contributed by atoms with Gasteiger partial charge in [-0.15, -0.1) is 0 Å². The average molecular weight is 862 g/mol. The first-order valence-corrected chi connectivity index (χ1v) is 21.9. The van der Waals surface area contributed by atoms with Crippen LogP contribution < -0.4 is 21.1 Å². The van der Waals surface area contributed by atoms with Crippen LogP contribution in [0.4, 0.5) is 22.7 Å². The van der Waals surface area contributed by atoms with Crippen LogP contribution in [0.25, 0.3) is 0 Å². The molecule has 56 heavy (non-hydrogen) atoms. The van der Waals surface area contributed by atoms with Crippen LogP contribution in [-0.4, -0.2) is 28.4 Å². The van der Waals surface area contributed by atoms with Crippen molar-refractivity contribution in [3.63, 3.8) is 0 Å². The molecule has 2 aliphatic rings. The summed E-state index contributed by atoms with van der Waals surface area (Å²) in [7, 11) is -2.13. The third kappa shape index (κ3) is 12.6. The van der Waals surface area contributed by atoms with Gasteiger partial charge in [-0.1, -0.05) is 67.0 Å². The fourth-order valence-electron chi connectivity index (χ4n) is 5.79. The molecular weight excluding hydrogens is 815 g/mol. The second kappa shape index (κ2) is 20.2. The van der Waals surface area contributed by atoms with Crippen LogP contribution in [0.15, 0.2) is 117 Å². The maximum Gasteiger partial charge on any atom is 0.262 e. The number of nitrogens with two attached hydrogens (primary N) is 1. The molecule has 0 aromatic heterocycles. The second-order valence-electron chi connectivity index (χ2n) is 13.0. The molecule has 0 atom stereocenters. The van der Waals surface area contributed by atoms with Crippen molar-refractivity contribution >= 4 is 87.3 Å². The summed E-state index contributed by atoms with van der Waals surface area (Å²) < 4.78 is 49.4. The van der Waals surface area contributed by atoms with E-state index in [1.54, 1.807) is 86.6 Å². The van der Waals surface area contributed by atoms with Gasteiger partial charge in [0.15, 0.2) is 11.6 Å². The van der Waals surface area contributed by atoms with Crippen molar-refractivity contribution in [1.29, 1.82) is 0 Å². The third-order valence-electron chi connectivity index (χ3n) is 8.93. The summed E-state index contributed by atoms with van der Waals surface area (Å²) in [5.74, 6) is 0.354. The molecule has 0 fully saturated rings. The minimum atomic E-state index is -3.70. The van der Waals surface area contributed by atoms with Gasteiger partial charge in [-0.25, -0.2) is 16.8 Å². The Morgan fingerprint density at radius 2 is 1.05 bits per heavy atom. The molecule has 300 valence electrons. The number of rotatable bonds is 8. The van der Waals surface area contributed by atoms with Crippen molar-refractivity contribution in [3.8, 4) is 0 Å². The number of ketones is 2. The monoisotopic (exact) mass is 860 g/mol. The Labute approximate surface area is 345 Å². The number of nitrogen functional groups attached to an aromatic ring is 1. The van der Waals surface area contributed by atoms with E-state index in [2.05, 4.69) is 15.4 Å². The van der Waals surface area contributed by atoms with Gasteiger partial charge >= 0.3 is 0 Å². The Kier molecular flexibility index (Phi) is 16.6. The molecule has 0 bridgehead atoms. The highest BCUT2D eigenvalue weighted by Gasteiger charge is 2.20. The van der Waals surface area contributed by atoms with Crippen LogP contribution in [0.2, 0.25) is 10.0 Å². The Morgan fingerprint density at radius 3 is 1.48 bits per heavy atom. The maximum absolute atomic E-state index is 12.6. The number of carbonyl (C=O) groups is 2. The third-order valence-corrected chi connectivity index (χ3v) is 12.6. The number of nitrogens with one attached hydrogen (secondary N) is 3. The summed E-state index contributed by atoms with van der Waals surface area (Å²) in [6.45, 7) is 7.11. The number of Topliss-reactive ketones (excluding diaryl/α,β-unsaturated/α-hetero) is 2. The van der Waals surface area contributed by atoms with E-state index in [9.17, 15) is 26.4 Å². The van der Waals surface area contributed by atoms with Crippen molar-refractivity contribution < 1.29 is 26.4 Å². The van der Waals surface area contributed by atoms with Gasteiger partial charge in [-0.2, -0.15) is 0 Å². The fraction of sp³-hybridized carbons (Fsp3) is 0.268. The van der Waals surface area contributed by atoms with Crippen LogP contribution in [0.5, 0.6) is 0 Å². The molecule has 6 rings (SSSR count).